The molecule has 7 nitrogen and oxygen atoms in total. The highest BCUT2D eigenvalue weighted by Crippen LogP contribution is 2.58. The fraction of sp³-hybridized carbons (Fsp3) is 0.636. The van der Waals surface area contributed by atoms with Crippen LogP contribution in [0.2, 0.25) is 0 Å². The van der Waals surface area contributed by atoms with E-state index >= 15 is 0 Å². The van der Waals surface area contributed by atoms with Crippen molar-refractivity contribution in [1.82, 2.24) is 10.2 Å². The number of benzene rings is 1. The second-order valence-electron chi connectivity index (χ2n) is 9.89. The average molecular weight is 434 g/mol. The Hall–Kier alpha value is -2.58. The molecule has 2 spiro atoms. The van der Waals surface area contributed by atoms with Gasteiger partial charge in [0.15, 0.2) is 11.5 Å². The zero-order valence-electron chi connectivity index (χ0n) is 17.0. The highest BCUT2D eigenvalue weighted by Gasteiger charge is 2.54. The lowest BCUT2D eigenvalue weighted by Crippen LogP contribution is -2.59. The van der Waals surface area contributed by atoms with E-state index in [1.807, 2.05) is 11.0 Å². The molecule has 1 N–H and O–H groups in total. The number of cyclic esters (lactones) is 1. The molecule has 3 aliphatic heterocycles. The summed E-state index contributed by atoms with van der Waals surface area (Å²) in [6.45, 7) is 1.87. The van der Waals surface area contributed by atoms with Gasteiger partial charge in [0.1, 0.15) is 6.61 Å². The van der Waals surface area contributed by atoms with E-state index in [-0.39, 0.29) is 40.4 Å². The summed E-state index contributed by atoms with van der Waals surface area (Å²) in [5.41, 5.74) is 0.907. The molecule has 166 valence electrons. The lowest BCUT2D eigenvalue weighted by molar-refractivity contribution is -0.286. The summed E-state index contributed by atoms with van der Waals surface area (Å²) in [5, 5.41) is 2.84. The number of amides is 2. The fourth-order valence-corrected chi connectivity index (χ4v) is 6.08. The van der Waals surface area contributed by atoms with Crippen LogP contribution in [0.5, 0.6) is 11.5 Å². The molecule has 5 aliphatic rings. The first-order valence-corrected chi connectivity index (χ1v) is 10.9. The molecule has 9 heteroatoms. The molecular weight excluding hydrogens is 410 g/mol. The van der Waals surface area contributed by atoms with Crippen molar-refractivity contribution < 1.29 is 32.6 Å². The molecule has 1 aromatic rings. The van der Waals surface area contributed by atoms with Crippen LogP contribution >= 0.6 is 0 Å². The van der Waals surface area contributed by atoms with E-state index in [4.69, 9.17) is 4.74 Å². The Morgan fingerprint density at radius 3 is 2.45 bits per heavy atom. The first-order valence-electron chi connectivity index (χ1n) is 10.9. The van der Waals surface area contributed by atoms with Crippen LogP contribution in [0.25, 0.3) is 0 Å². The van der Waals surface area contributed by atoms with Crippen LogP contribution in [0.1, 0.15) is 50.0 Å². The number of nitrogens with one attached hydrogen (secondary N) is 1. The lowest BCUT2D eigenvalue weighted by Gasteiger charge is -2.53. The number of halogens is 2. The molecule has 2 saturated carbocycles. The van der Waals surface area contributed by atoms with E-state index in [1.165, 1.54) is 0 Å². The van der Waals surface area contributed by atoms with Crippen LogP contribution in [0.4, 0.5) is 13.6 Å². The predicted octanol–water partition coefficient (Wildman–Crippen LogP) is 3.38. The fourth-order valence-electron chi connectivity index (χ4n) is 6.08. The van der Waals surface area contributed by atoms with Crippen molar-refractivity contribution in [2.75, 3.05) is 19.7 Å². The van der Waals surface area contributed by atoms with Gasteiger partial charge >= 0.3 is 12.4 Å². The monoisotopic (exact) mass is 434 g/mol. The minimum absolute atomic E-state index is 0.0306. The van der Waals surface area contributed by atoms with E-state index in [9.17, 15) is 18.4 Å². The molecule has 2 aliphatic carbocycles. The summed E-state index contributed by atoms with van der Waals surface area (Å²) in [7, 11) is 0. The number of nitrogens with zero attached hydrogens (tertiary/aromatic N) is 1. The number of hydrogen-bond acceptors (Lipinski definition) is 5. The molecule has 31 heavy (non-hydrogen) atoms. The van der Waals surface area contributed by atoms with E-state index in [1.54, 1.807) is 12.1 Å². The molecule has 2 amide bonds. The zero-order chi connectivity index (χ0) is 21.4. The standard InChI is InChI=1S/C22H24F2N2O5/c23-22(24)30-16-2-1-13(7-17(16)31-22)14-8-20(9-14)3-5-26(6-4-20)18(27)15-10-21(11-15)12-29-19(28)25-21/h1-2,7,14-15H,3-6,8-12H2,(H,25,28)/t15-,21+. The molecule has 4 fully saturated rings. The molecule has 0 radical (unpaired) electrons. The van der Waals surface area contributed by atoms with E-state index in [0.29, 0.717) is 25.4 Å². The van der Waals surface area contributed by atoms with Gasteiger partial charge in [0.05, 0.1) is 5.54 Å². The van der Waals surface area contributed by atoms with Gasteiger partial charge in [0.25, 0.3) is 0 Å². The zero-order valence-corrected chi connectivity index (χ0v) is 17.0. The van der Waals surface area contributed by atoms with Gasteiger partial charge < -0.3 is 24.4 Å². The Morgan fingerprint density at radius 1 is 1.06 bits per heavy atom. The number of carbonyl (C=O) groups excluding carboxylic acids is 2. The predicted molar refractivity (Wildman–Crippen MR) is 103 cm³/mol. The number of ether oxygens (including phenoxy) is 3. The largest absolute Gasteiger partial charge is 0.586 e. The molecule has 3 heterocycles. The van der Waals surface area contributed by atoms with Crippen LogP contribution in [0.3, 0.4) is 0 Å². The third-order valence-corrected chi connectivity index (χ3v) is 7.86. The number of likely N-dealkylation sites (tertiary alicyclic amines) is 1. The van der Waals surface area contributed by atoms with Crippen molar-refractivity contribution in [3.8, 4) is 11.5 Å². The third-order valence-electron chi connectivity index (χ3n) is 7.86. The molecule has 0 atom stereocenters. The summed E-state index contributed by atoms with van der Waals surface area (Å²) < 4.78 is 40.5. The van der Waals surface area contributed by atoms with Crippen LogP contribution in [-0.2, 0) is 9.53 Å². The topological polar surface area (TPSA) is 77.1 Å². The Kier molecular flexibility index (Phi) is 3.85. The normalized spacial score (nSPS) is 27.5. The van der Waals surface area contributed by atoms with Crippen LogP contribution in [-0.4, -0.2) is 48.4 Å². The van der Waals surface area contributed by atoms with E-state index < -0.39 is 6.29 Å². The van der Waals surface area contributed by atoms with Crippen molar-refractivity contribution in [1.29, 1.82) is 0 Å². The average Bonchev–Trinajstić information content (AvgIpc) is 3.22. The van der Waals surface area contributed by atoms with Crippen molar-refractivity contribution in [2.24, 2.45) is 11.3 Å². The second-order valence-corrected chi connectivity index (χ2v) is 9.89. The first-order chi connectivity index (χ1) is 14.7. The maximum Gasteiger partial charge on any atom is 0.586 e. The maximum atomic E-state index is 13.2. The summed E-state index contributed by atoms with van der Waals surface area (Å²) in [6.07, 6.45) is 1.28. The summed E-state index contributed by atoms with van der Waals surface area (Å²) >= 11 is 0. The minimum Gasteiger partial charge on any atom is -0.447 e. The number of carbonyl (C=O) groups is 2. The van der Waals surface area contributed by atoms with Crippen molar-refractivity contribution in [2.45, 2.75) is 56.3 Å². The van der Waals surface area contributed by atoms with Gasteiger partial charge in [-0.1, -0.05) is 6.07 Å². The molecule has 0 unspecified atom stereocenters. The first kappa shape index (κ1) is 19.1. The highest BCUT2D eigenvalue weighted by atomic mass is 19.3. The van der Waals surface area contributed by atoms with Gasteiger partial charge in [0.2, 0.25) is 5.91 Å². The van der Waals surface area contributed by atoms with Crippen molar-refractivity contribution >= 4 is 12.0 Å². The number of alkyl carbamates (subject to hydrolysis) is 1. The van der Waals surface area contributed by atoms with Crippen LogP contribution in [0, 0.1) is 11.3 Å². The summed E-state index contributed by atoms with van der Waals surface area (Å²) in [5.74, 6) is 0.663. The second kappa shape index (κ2) is 6.23. The van der Waals surface area contributed by atoms with E-state index in [2.05, 4.69) is 14.8 Å². The van der Waals surface area contributed by atoms with Gasteiger partial charge in [-0.2, -0.15) is 0 Å². The Bertz CT molecular complexity index is 945. The van der Waals surface area contributed by atoms with Crippen molar-refractivity contribution in [3.05, 3.63) is 23.8 Å². The van der Waals surface area contributed by atoms with Gasteiger partial charge in [-0.25, -0.2) is 4.79 Å². The van der Waals surface area contributed by atoms with Gasteiger partial charge in [-0.15, -0.1) is 8.78 Å². The quantitative estimate of drug-likeness (QED) is 0.772. The van der Waals surface area contributed by atoms with Crippen molar-refractivity contribution in [3.63, 3.8) is 0 Å². The Labute approximate surface area is 178 Å². The summed E-state index contributed by atoms with van der Waals surface area (Å²) in [4.78, 5) is 26.1. The van der Waals surface area contributed by atoms with Crippen LogP contribution < -0.4 is 14.8 Å². The van der Waals surface area contributed by atoms with Gasteiger partial charge in [-0.05, 0) is 67.6 Å². The Morgan fingerprint density at radius 2 is 1.77 bits per heavy atom. The van der Waals surface area contributed by atoms with Crippen LogP contribution in [0.15, 0.2) is 18.2 Å². The molecule has 1 aromatic carbocycles. The number of piperidine rings is 1. The van der Waals surface area contributed by atoms with Gasteiger partial charge in [0, 0.05) is 19.0 Å². The smallest absolute Gasteiger partial charge is 0.447 e. The molecular formula is C22H24F2N2O5. The van der Waals surface area contributed by atoms with Gasteiger partial charge in [-0.3, -0.25) is 4.79 Å². The Balaban J connectivity index is 1.01. The molecule has 6 rings (SSSR count). The molecule has 0 bridgehead atoms. The SMILES string of the molecule is O=C1N[C@]2(CO1)C[C@H](C(=O)N1CCC3(CC1)CC(c1ccc4c(c1)OC(F)(F)O4)C3)C2. The number of alkyl halides is 2. The number of fused-ring (bicyclic) bond motifs is 1. The highest BCUT2D eigenvalue weighted by molar-refractivity contribution is 5.81. The summed E-state index contributed by atoms with van der Waals surface area (Å²) in [6, 6.07) is 5.07. The molecule has 2 saturated heterocycles. The maximum absolute atomic E-state index is 13.2. The third kappa shape index (κ3) is 3.11. The minimum atomic E-state index is -3.59. The number of hydrogen-bond donors (Lipinski definition) is 1. The lowest BCUT2D eigenvalue weighted by atomic mass is 9.56. The van der Waals surface area contributed by atoms with E-state index in [0.717, 1.165) is 44.3 Å². The number of rotatable bonds is 2. The molecule has 0 aromatic heterocycles.